The van der Waals surface area contributed by atoms with Crippen LogP contribution in [0.5, 0.6) is 5.88 Å². The van der Waals surface area contributed by atoms with Crippen molar-refractivity contribution >= 4 is 23.5 Å². The summed E-state index contributed by atoms with van der Waals surface area (Å²) in [7, 11) is 1.27. The Balaban J connectivity index is 1.82. The van der Waals surface area contributed by atoms with Gasteiger partial charge < -0.3 is 24.1 Å². The van der Waals surface area contributed by atoms with E-state index in [0.717, 1.165) is 5.56 Å². The number of methoxy groups -OCH3 is 1. The first-order chi connectivity index (χ1) is 12.4. The van der Waals surface area contributed by atoms with Crippen molar-refractivity contribution in [1.29, 1.82) is 0 Å². The van der Waals surface area contributed by atoms with Gasteiger partial charge in [0.05, 0.1) is 12.7 Å². The number of nitrogens with zero attached hydrogens (tertiary/aromatic N) is 1. The fourth-order valence-corrected chi connectivity index (χ4v) is 1.92. The molecule has 2 aromatic rings. The smallest absolute Gasteiger partial charge is 0.344 e. The zero-order valence-electron chi connectivity index (χ0n) is 14.5. The Hall–Kier alpha value is -3.36. The van der Waals surface area contributed by atoms with Gasteiger partial charge in [0.25, 0.3) is 11.8 Å². The van der Waals surface area contributed by atoms with Crippen LogP contribution in [0.25, 0.3) is 0 Å². The molecule has 138 valence electrons. The van der Waals surface area contributed by atoms with Gasteiger partial charge >= 0.3 is 11.9 Å². The molecular weight excluding hydrogens is 344 g/mol. The molecule has 1 amide bonds. The zero-order valence-corrected chi connectivity index (χ0v) is 14.5. The van der Waals surface area contributed by atoms with Gasteiger partial charge in [0.1, 0.15) is 5.76 Å². The number of anilines is 1. The number of hydrogen-bond donors (Lipinski definition) is 1. The lowest BCUT2D eigenvalue weighted by Gasteiger charge is -2.10. The summed E-state index contributed by atoms with van der Waals surface area (Å²) >= 11 is 0. The van der Waals surface area contributed by atoms with Crippen molar-refractivity contribution < 1.29 is 33.1 Å². The number of esters is 2. The Morgan fingerprint density at radius 1 is 1.15 bits per heavy atom. The molecule has 0 saturated carbocycles. The minimum atomic E-state index is -0.735. The lowest BCUT2D eigenvalue weighted by Crippen LogP contribution is -2.24. The topological polar surface area (TPSA) is 117 Å². The molecule has 0 aliphatic heterocycles. The van der Waals surface area contributed by atoms with E-state index in [9.17, 15) is 14.4 Å². The van der Waals surface area contributed by atoms with Gasteiger partial charge in [0, 0.05) is 11.8 Å². The fraction of sp³-hybridized carbons (Fsp3) is 0.294. The second-order valence-corrected chi connectivity index (χ2v) is 5.29. The first kappa shape index (κ1) is 19.0. The molecule has 0 saturated heterocycles. The maximum absolute atomic E-state index is 11.9. The van der Waals surface area contributed by atoms with Crippen molar-refractivity contribution in [1.82, 2.24) is 5.16 Å². The van der Waals surface area contributed by atoms with Gasteiger partial charge in [-0.25, -0.2) is 9.59 Å². The largest absolute Gasteiger partial charge is 0.465 e. The first-order valence-electron chi connectivity index (χ1n) is 7.59. The van der Waals surface area contributed by atoms with E-state index in [4.69, 9.17) is 14.0 Å². The molecule has 0 aliphatic rings. The van der Waals surface area contributed by atoms with Crippen molar-refractivity contribution in [3.63, 3.8) is 0 Å². The molecule has 1 N–H and O–H groups in total. The second-order valence-electron chi connectivity index (χ2n) is 5.29. The third-order valence-corrected chi connectivity index (χ3v) is 3.24. The van der Waals surface area contributed by atoms with Crippen LogP contribution in [0.1, 0.15) is 21.7 Å². The molecule has 0 radical (unpaired) electrons. The quantitative estimate of drug-likeness (QED) is 0.739. The summed E-state index contributed by atoms with van der Waals surface area (Å²) in [5.74, 6) is -1.12. The standard InChI is InChI=1S/C17H18N2O7/c1-10-4-5-12(17(22)23-3)7-13(10)18-14(20)8-25-16(21)9-24-15-6-11(2)26-19-15/h4-7H,8-9H2,1-3H3,(H,18,20). The predicted molar refractivity (Wildman–Crippen MR) is 88.8 cm³/mol. The van der Waals surface area contributed by atoms with E-state index in [-0.39, 0.29) is 5.88 Å². The molecule has 2 rings (SSSR count). The maximum atomic E-state index is 11.9. The molecule has 1 heterocycles. The van der Waals surface area contributed by atoms with Gasteiger partial charge in [-0.3, -0.25) is 4.79 Å². The number of aryl methyl sites for hydroxylation is 2. The van der Waals surface area contributed by atoms with E-state index in [1.807, 2.05) is 0 Å². The maximum Gasteiger partial charge on any atom is 0.344 e. The Bertz CT molecular complexity index is 813. The van der Waals surface area contributed by atoms with Gasteiger partial charge in [-0.1, -0.05) is 6.07 Å². The van der Waals surface area contributed by atoms with Crippen LogP contribution < -0.4 is 10.1 Å². The van der Waals surface area contributed by atoms with Crippen LogP contribution in [0, 0.1) is 13.8 Å². The normalized spacial score (nSPS) is 10.1. The minimum absolute atomic E-state index is 0.152. The summed E-state index contributed by atoms with van der Waals surface area (Å²) in [6.07, 6.45) is 0. The zero-order chi connectivity index (χ0) is 19.1. The summed E-state index contributed by atoms with van der Waals surface area (Å²) in [5.41, 5.74) is 1.45. The van der Waals surface area contributed by atoms with Crippen LogP contribution in [0.15, 0.2) is 28.8 Å². The predicted octanol–water partition coefficient (Wildman–Crippen LogP) is 1.64. The summed E-state index contributed by atoms with van der Waals surface area (Å²) < 4.78 is 19.3. The van der Waals surface area contributed by atoms with E-state index in [2.05, 4.69) is 15.2 Å². The van der Waals surface area contributed by atoms with E-state index >= 15 is 0 Å². The highest BCUT2D eigenvalue weighted by Gasteiger charge is 2.13. The highest BCUT2D eigenvalue weighted by Crippen LogP contribution is 2.17. The molecule has 9 nitrogen and oxygen atoms in total. The number of nitrogens with one attached hydrogen (secondary N) is 1. The van der Waals surface area contributed by atoms with E-state index in [1.54, 1.807) is 26.0 Å². The van der Waals surface area contributed by atoms with Crippen LogP contribution in [-0.4, -0.2) is 43.3 Å². The van der Waals surface area contributed by atoms with Crippen LogP contribution in [0.3, 0.4) is 0 Å². The number of carbonyl (C=O) groups excluding carboxylic acids is 3. The SMILES string of the molecule is COC(=O)c1ccc(C)c(NC(=O)COC(=O)COc2cc(C)on2)c1. The van der Waals surface area contributed by atoms with Crippen molar-refractivity contribution in [3.05, 3.63) is 41.2 Å². The van der Waals surface area contributed by atoms with Crippen LogP contribution in [-0.2, 0) is 19.1 Å². The number of aromatic nitrogens is 1. The molecule has 1 aromatic carbocycles. The lowest BCUT2D eigenvalue weighted by atomic mass is 10.1. The van der Waals surface area contributed by atoms with Crippen LogP contribution in [0.4, 0.5) is 5.69 Å². The molecule has 0 fully saturated rings. The third kappa shape index (κ3) is 5.33. The van der Waals surface area contributed by atoms with Gasteiger partial charge in [-0.05, 0) is 36.7 Å². The Labute approximate surface area is 149 Å². The molecule has 0 bridgehead atoms. The molecule has 0 atom stereocenters. The van der Waals surface area contributed by atoms with Crippen molar-refractivity contribution in [2.24, 2.45) is 0 Å². The molecule has 0 aliphatic carbocycles. The van der Waals surface area contributed by atoms with Gasteiger partial charge in [0.2, 0.25) is 0 Å². The van der Waals surface area contributed by atoms with Gasteiger partial charge in [-0.2, -0.15) is 0 Å². The summed E-state index contributed by atoms with van der Waals surface area (Å²) in [4.78, 5) is 35.0. The number of hydrogen-bond acceptors (Lipinski definition) is 8. The van der Waals surface area contributed by atoms with Crippen molar-refractivity contribution in [2.75, 3.05) is 25.6 Å². The number of amides is 1. The number of carbonyl (C=O) groups is 3. The lowest BCUT2D eigenvalue weighted by molar-refractivity contribution is -0.149. The fourth-order valence-electron chi connectivity index (χ4n) is 1.92. The van der Waals surface area contributed by atoms with Gasteiger partial charge in [-0.15, -0.1) is 0 Å². The summed E-state index contributed by atoms with van der Waals surface area (Å²) in [5, 5.41) is 6.13. The number of ether oxygens (including phenoxy) is 3. The Morgan fingerprint density at radius 3 is 2.58 bits per heavy atom. The Morgan fingerprint density at radius 2 is 1.92 bits per heavy atom. The van der Waals surface area contributed by atoms with E-state index < -0.39 is 31.1 Å². The van der Waals surface area contributed by atoms with Gasteiger partial charge in [0.15, 0.2) is 13.2 Å². The molecule has 0 spiro atoms. The number of benzene rings is 1. The minimum Gasteiger partial charge on any atom is -0.465 e. The average molecular weight is 362 g/mol. The van der Waals surface area contributed by atoms with Crippen molar-refractivity contribution in [3.8, 4) is 5.88 Å². The molecule has 26 heavy (non-hydrogen) atoms. The van der Waals surface area contributed by atoms with E-state index in [1.165, 1.54) is 19.2 Å². The number of rotatable bonds is 7. The summed E-state index contributed by atoms with van der Waals surface area (Å²) in [6.45, 7) is 2.54. The molecule has 1 aromatic heterocycles. The Kier molecular flexibility index (Phi) is 6.31. The highest BCUT2D eigenvalue weighted by molar-refractivity contribution is 5.96. The highest BCUT2D eigenvalue weighted by atomic mass is 16.6. The second kappa shape index (κ2) is 8.65. The average Bonchev–Trinajstić information content (AvgIpc) is 3.04. The summed E-state index contributed by atoms with van der Waals surface area (Å²) in [6, 6.07) is 6.25. The molecule has 0 unspecified atom stereocenters. The van der Waals surface area contributed by atoms with Crippen molar-refractivity contribution in [2.45, 2.75) is 13.8 Å². The van der Waals surface area contributed by atoms with Crippen LogP contribution in [0.2, 0.25) is 0 Å². The third-order valence-electron chi connectivity index (χ3n) is 3.24. The van der Waals surface area contributed by atoms with E-state index in [0.29, 0.717) is 17.0 Å². The monoisotopic (exact) mass is 362 g/mol. The molecular formula is C17H18N2O7. The van der Waals surface area contributed by atoms with Crippen LogP contribution >= 0.6 is 0 Å². The molecule has 9 heteroatoms. The first-order valence-corrected chi connectivity index (χ1v) is 7.59.